The van der Waals surface area contributed by atoms with E-state index in [0.717, 1.165) is 12.8 Å². The Morgan fingerprint density at radius 2 is 2.50 bits per heavy atom. The second-order valence-corrected chi connectivity index (χ2v) is 3.48. The van der Waals surface area contributed by atoms with Crippen molar-refractivity contribution in [1.29, 1.82) is 0 Å². The quantitative estimate of drug-likeness (QED) is 0.532. The van der Waals surface area contributed by atoms with Gasteiger partial charge in [-0.25, -0.2) is 5.90 Å². The Morgan fingerprint density at radius 3 is 3.00 bits per heavy atom. The molecule has 1 aliphatic rings. The van der Waals surface area contributed by atoms with Gasteiger partial charge < -0.3 is 4.84 Å². The molecule has 0 aliphatic heterocycles. The zero-order valence-electron chi connectivity index (χ0n) is 7.40. The van der Waals surface area contributed by atoms with Crippen LogP contribution in [-0.2, 0) is 10.3 Å². The Balaban J connectivity index is 2.32. The Kier molecular flexibility index (Phi) is 1.97. The van der Waals surface area contributed by atoms with Crippen molar-refractivity contribution in [2.75, 3.05) is 6.61 Å². The monoisotopic (exact) mass is 198 g/mol. The van der Waals surface area contributed by atoms with Crippen LogP contribution in [0.15, 0.2) is 6.20 Å². The molecule has 1 aromatic heterocycles. The van der Waals surface area contributed by atoms with Crippen molar-refractivity contribution in [3.63, 3.8) is 0 Å². The normalized spacial score (nSPS) is 18.1. The number of hydrogen-bond acceptors (Lipinski definition) is 5. The predicted molar refractivity (Wildman–Crippen MR) is 46.3 cm³/mol. The number of aromatic nitrogens is 2. The molecule has 7 nitrogen and oxygen atoms in total. The molecule has 1 saturated carbocycles. The molecule has 0 radical (unpaired) electrons. The fraction of sp³-hybridized carbons (Fsp3) is 0.571. The van der Waals surface area contributed by atoms with Gasteiger partial charge in [0.05, 0.1) is 11.5 Å². The van der Waals surface area contributed by atoms with Gasteiger partial charge in [-0.3, -0.25) is 15.2 Å². The van der Waals surface area contributed by atoms with Gasteiger partial charge in [0.25, 0.3) is 0 Å². The van der Waals surface area contributed by atoms with E-state index in [-0.39, 0.29) is 17.7 Å². The zero-order chi connectivity index (χ0) is 10.2. The lowest BCUT2D eigenvalue weighted by atomic mass is 10.0. The van der Waals surface area contributed by atoms with E-state index < -0.39 is 4.92 Å². The van der Waals surface area contributed by atoms with Crippen molar-refractivity contribution < 1.29 is 9.76 Å². The van der Waals surface area contributed by atoms with E-state index in [4.69, 9.17) is 5.90 Å². The summed E-state index contributed by atoms with van der Waals surface area (Å²) in [6.07, 6.45) is 2.90. The third-order valence-electron chi connectivity index (χ3n) is 2.56. The van der Waals surface area contributed by atoms with Crippen LogP contribution in [0.5, 0.6) is 0 Å². The highest BCUT2D eigenvalue weighted by Gasteiger charge is 2.50. The number of H-pyrrole nitrogens is 1. The highest BCUT2D eigenvalue weighted by Crippen LogP contribution is 2.49. The van der Waals surface area contributed by atoms with E-state index in [9.17, 15) is 10.1 Å². The molecule has 7 heteroatoms. The van der Waals surface area contributed by atoms with Crippen LogP contribution in [0, 0.1) is 10.1 Å². The summed E-state index contributed by atoms with van der Waals surface area (Å²) in [7, 11) is 0. The van der Waals surface area contributed by atoms with Crippen LogP contribution in [-0.4, -0.2) is 21.7 Å². The van der Waals surface area contributed by atoms with Crippen molar-refractivity contribution in [2.45, 2.75) is 18.3 Å². The minimum absolute atomic E-state index is 0.0135. The maximum atomic E-state index is 10.6. The van der Waals surface area contributed by atoms with E-state index in [1.54, 1.807) is 0 Å². The average Bonchev–Trinajstić information content (AvgIpc) is 2.76. The molecule has 0 spiro atoms. The lowest BCUT2D eigenvalue weighted by molar-refractivity contribution is -0.385. The van der Waals surface area contributed by atoms with E-state index >= 15 is 0 Å². The van der Waals surface area contributed by atoms with Gasteiger partial charge in [-0.1, -0.05) is 0 Å². The standard InChI is InChI=1S/C7H10N4O3/c8-14-4-7(1-2-7)6-5(11(12)13)3-9-10-6/h3H,1-2,4,8H2,(H,9,10). The van der Waals surface area contributed by atoms with Crippen LogP contribution in [0.25, 0.3) is 0 Å². The molecule has 0 atom stereocenters. The SMILES string of the molecule is NOCC1(c2[nH]ncc2[N+](=O)[O-])CC1. The van der Waals surface area contributed by atoms with Crippen molar-refractivity contribution in [3.05, 3.63) is 22.0 Å². The van der Waals surface area contributed by atoms with Gasteiger partial charge in [-0.2, -0.15) is 5.10 Å². The second-order valence-electron chi connectivity index (χ2n) is 3.48. The molecule has 1 fully saturated rings. The first-order valence-electron chi connectivity index (χ1n) is 4.19. The molecule has 2 rings (SSSR count). The predicted octanol–water partition coefficient (Wildman–Crippen LogP) is 0.240. The number of nitro groups is 1. The van der Waals surface area contributed by atoms with Crippen LogP contribution in [0.1, 0.15) is 18.5 Å². The zero-order valence-corrected chi connectivity index (χ0v) is 7.40. The Hall–Kier alpha value is -1.47. The summed E-state index contributed by atoms with van der Waals surface area (Å²) in [5, 5.41) is 17.0. The number of nitrogens with two attached hydrogens (primary N) is 1. The van der Waals surface area contributed by atoms with Crippen LogP contribution in [0.2, 0.25) is 0 Å². The number of hydrogen-bond donors (Lipinski definition) is 2. The highest BCUT2D eigenvalue weighted by molar-refractivity contribution is 5.41. The fourth-order valence-corrected chi connectivity index (χ4v) is 1.59. The van der Waals surface area contributed by atoms with E-state index in [1.165, 1.54) is 6.20 Å². The third kappa shape index (κ3) is 1.26. The van der Waals surface area contributed by atoms with Gasteiger partial charge >= 0.3 is 5.69 Å². The molecular weight excluding hydrogens is 188 g/mol. The fourth-order valence-electron chi connectivity index (χ4n) is 1.59. The van der Waals surface area contributed by atoms with Crippen molar-refractivity contribution in [3.8, 4) is 0 Å². The average molecular weight is 198 g/mol. The molecule has 0 unspecified atom stereocenters. The Bertz CT molecular complexity index is 358. The topological polar surface area (TPSA) is 107 Å². The molecular formula is C7H10N4O3. The molecule has 1 aromatic rings. The van der Waals surface area contributed by atoms with Gasteiger partial charge in [0, 0.05) is 5.41 Å². The Labute approximate surface area is 79.3 Å². The molecule has 1 aliphatic carbocycles. The molecule has 1 heterocycles. The molecule has 0 amide bonds. The van der Waals surface area contributed by atoms with Gasteiger partial charge in [0.2, 0.25) is 0 Å². The number of nitrogens with zero attached hydrogens (tertiary/aromatic N) is 2. The lowest BCUT2D eigenvalue weighted by Gasteiger charge is -2.09. The van der Waals surface area contributed by atoms with E-state index in [1.807, 2.05) is 0 Å². The molecule has 0 saturated heterocycles. The smallest absolute Gasteiger partial charge is 0.304 e. The van der Waals surface area contributed by atoms with Crippen LogP contribution < -0.4 is 5.90 Å². The van der Waals surface area contributed by atoms with Crippen LogP contribution in [0.3, 0.4) is 0 Å². The van der Waals surface area contributed by atoms with Crippen LogP contribution >= 0.6 is 0 Å². The summed E-state index contributed by atoms with van der Waals surface area (Å²) < 4.78 is 0. The van der Waals surface area contributed by atoms with Gasteiger partial charge in [0.15, 0.2) is 0 Å². The third-order valence-corrected chi connectivity index (χ3v) is 2.56. The summed E-state index contributed by atoms with van der Waals surface area (Å²) in [5.41, 5.74) is 0.223. The number of rotatable bonds is 4. The molecule has 76 valence electrons. The first-order valence-corrected chi connectivity index (χ1v) is 4.19. The maximum Gasteiger partial charge on any atom is 0.310 e. The second kappa shape index (κ2) is 3.03. The first kappa shape index (κ1) is 9.10. The van der Waals surface area contributed by atoms with Gasteiger partial charge in [-0.05, 0) is 12.8 Å². The minimum atomic E-state index is -0.449. The van der Waals surface area contributed by atoms with Crippen molar-refractivity contribution in [2.24, 2.45) is 5.90 Å². The van der Waals surface area contributed by atoms with Gasteiger partial charge in [0.1, 0.15) is 11.9 Å². The van der Waals surface area contributed by atoms with E-state index in [2.05, 4.69) is 15.0 Å². The summed E-state index contributed by atoms with van der Waals surface area (Å²) in [5.74, 6) is 4.98. The van der Waals surface area contributed by atoms with Crippen molar-refractivity contribution >= 4 is 5.69 Å². The molecule has 0 bridgehead atoms. The van der Waals surface area contributed by atoms with E-state index in [0.29, 0.717) is 5.69 Å². The van der Waals surface area contributed by atoms with Crippen molar-refractivity contribution in [1.82, 2.24) is 10.2 Å². The summed E-state index contributed by atoms with van der Waals surface area (Å²) in [6.45, 7) is 0.288. The highest BCUT2D eigenvalue weighted by atomic mass is 16.6. The lowest BCUT2D eigenvalue weighted by Crippen LogP contribution is -2.19. The summed E-state index contributed by atoms with van der Waals surface area (Å²) in [4.78, 5) is 14.7. The largest absolute Gasteiger partial charge is 0.310 e. The minimum Gasteiger partial charge on any atom is -0.304 e. The number of aromatic amines is 1. The maximum absolute atomic E-state index is 10.6. The van der Waals surface area contributed by atoms with Gasteiger partial charge in [-0.15, -0.1) is 0 Å². The Morgan fingerprint density at radius 1 is 1.79 bits per heavy atom. The molecule has 3 N–H and O–H groups in total. The molecule has 14 heavy (non-hydrogen) atoms. The summed E-state index contributed by atoms with van der Waals surface area (Å²) >= 11 is 0. The number of nitrogens with one attached hydrogen (secondary N) is 1. The first-order chi connectivity index (χ1) is 6.69. The van der Waals surface area contributed by atoms with Crippen LogP contribution in [0.4, 0.5) is 5.69 Å². The molecule has 0 aromatic carbocycles. The summed E-state index contributed by atoms with van der Waals surface area (Å²) in [6, 6.07) is 0.